The van der Waals surface area contributed by atoms with Gasteiger partial charge in [-0.2, -0.15) is 0 Å². The van der Waals surface area contributed by atoms with Crippen LogP contribution in [0, 0.1) is 0 Å². The van der Waals surface area contributed by atoms with Gasteiger partial charge in [-0.05, 0) is 48.6 Å². The molecule has 1 atom stereocenters. The largest absolute Gasteiger partial charge is 0.493 e. The van der Waals surface area contributed by atoms with E-state index in [-0.39, 0.29) is 5.91 Å². The average Bonchev–Trinajstić information content (AvgIpc) is 3.19. The van der Waals surface area contributed by atoms with Gasteiger partial charge in [0.05, 0.1) is 19.8 Å². The number of hydrogen-bond acceptors (Lipinski definition) is 4. The molecule has 1 fully saturated rings. The number of nitrogens with zero attached hydrogens (tertiary/aromatic N) is 3. The average molecular weight is 434 g/mol. The molecule has 168 valence electrons. The molecule has 0 N–H and O–H groups in total. The smallest absolute Gasteiger partial charge is 0.256 e. The van der Waals surface area contributed by atoms with Crippen LogP contribution in [-0.4, -0.2) is 60.2 Å². The van der Waals surface area contributed by atoms with Crippen molar-refractivity contribution in [1.82, 2.24) is 14.4 Å². The third-order valence-electron chi connectivity index (χ3n) is 7.08. The fraction of sp³-hybridized carbons (Fsp3) is 0.423. The molecule has 6 heteroatoms. The minimum atomic E-state index is 0.148. The van der Waals surface area contributed by atoms with E-state index in [0.717, 1.165) is 73.4 Å². The molecule has 2 aliphatic rings. The summed E-state index contributed by atoms with van der Waals surface area (Å²) >= 11 is 0. The van der Waals surface area contributed by atoms with Crippen LogP contribution in [0.3, 0.4) is 0 Å². The van der Waals surface area contributed by atoms with E-state index in [0.29, 0.717) is 6.04 Å². The molecule has 2 aromatic carbocycles. The van der Waals surface area contributed by atoms with E-state index in [2.05, 4.69) is 28.0 Å². The van der Waals surface area contributed by atoms with Gasteiger partial charge in [-0.1, -0.05) is 18.2 Å². The Morgan fingerprint density at radius 1 is 1.03 bits per heavy atom. The van der Waals surface area contributed by atoms with E-state index in [1.165, 1.54) is 11.1 Å². The van der Waals surface area contributed by atoms with E-state index >= 15 is 0 Å². The molecule has 6 nitrogen and oxygen atoms in total. The van der Waals surface area contributed by atoms with Gasteiger partial charge in [0, 0.05) is 56.4 Å². The summed E-state index contributed by atoms with van der Waals surface area (Å²) in [6.07, 6.45) is 5.13. The van der Waals surface area contributed by atoms with Crippen LogP contribution in [0.15, 0.2) is 42.6 Å². The Bertz CT molecular complexity index is 1150. The summed E-state index contributed by atoms with van der Waals surface area (Å²) in [7, 11) is 5.37. The highest BCUT2D eigenvalue weighted by molar-refractivity contribution is 6.07. The molecule has 3 heterocycles. The van der Waals surface area contributed by atoms with Crippen LogP contribution >= 0.6 is 0 Å². The highest BCUT2D eigenvalue weighted by Crippen LogP contribution is 2.34. The van der Waals surface area contributed by atoms with Gasteiger partial charge in [-0.3, -0.25) is 9.69 Å². The maximum absolute atomic E-state index is 13.5. The molecule has 1 saturated heterocycles. The van der Waals surface area contributed by atoms with Crippen LogP contribution in [0.2, 0.25) is 0 Å². The number of amides is 1. The van der Waals surface area contributed by atoms with Gasteiger partial charge < -0.3 is 18.9 Å². The summed E-state index contributed by atoms with van der Waals surface area (Å²) in [4.78, 5) is 18.1. The van der Waals surface area contributed by atoms with Crippen LogP contribution in [0.25, 0.3) is 10.9 Å². The number of benzene rings is 2. The van der Waals surface area contributed by atoms with Gasteiger partial charge in [0.2, 0.25) is 0 Å². The Labute approximate surface area is 189 Å². The first-order valence-electron chi connectivity index (χ1n) is 11.4. The number of aryl methyl sites for hydroxylation is 1. The van der Waals surface area contributed by atoms with Crippen LogP contribution in [-0.2, 0) is 20.0 Å². The van der Waals surface area contributed by atoms with Crippen molar-refractivity contribution in [2.75, 3.05) is 33.9 Å². The standard InChI is InChI=1S/C26H31N3O3/c1-27-17-22(21-8-4-5-9-23(21)27)26(30)29-11-6-7-20(16-29)28-12-10-18-13-24(31-2)25(32-3)14-19(18)15-28/h4-5,8-9,13-14,17,20H,6-7,10-12,15-16H2,1-3H3. The number of fused-ring (bicyclic) bond motifs is 2. The number of carbonyl (C=O) groups is 1. The number of ether oxygens (including phenoxy) is 2. The van der Waals surface area contributed by atoms with Crippen molar-refractivity contribution < 1.29 is 14.3 Å². The summed E-state index contributed by atoms with van der Waals surface area (Å²) in [6.45, 7) is 3.50. The molecule has 0 radical (unpaired) electrons. The number of rotatable bonds is 4. The van der Waals surface area contributed by atoms with Crippen molar-refractivity contribution in [3.8, 4) is 11.5 Å². The molecule has 1 unspecified atom stereocenters. The highest BCUT2D eigenvalue weighted by atomic mass is 16.5. The minimum absolute atomic E-state index is 0.148. The van der Waals surface area contributed by atoms with Gasteiger partial charge in [-0.25, -0.2) is 0 Å². The number of piperidine rings is 1. The Hall–Kier alpha value is -2.99. The van der Waals surface area contributed by atoms with Crippen molar-refractivity contribution in [2.24, 2.45) is 7.05 Å². The quantitative estimate of drug-likeness (QED) is 0.627. The summed E-state index contributed by atoms with van der Waals surface area (Å²) in [5, 5.41) is 1.04. The fourth-order valence-corrected chi connectivity index (χ4v) is 5.34. The molecule has 0 bridgehead atoms. The molecule has 0 aliphatic carbocycles. The number of aromatic nitrogens is 1. The second-order valence-corrected chi connectivity index (χ2v) is 8.91. The zero-order valence-corrected chi connectivity index (χ0v) is 19.1. The van der Waals surface area contributed by atoms with Crippen molar-refractivity contribution in [2.45, 2.75) is 31.8 Å². The van der Waals surface area contributed by atoms with Crippen molar-refractivity contribution in [3.05, 3.63) is 59.3 Å². The zero-order valence-electron chi connectivity index (χ0n) is 19.1. The summed E-state index contributed by atoms with van der Waals surface area (Å²) in [6, 6.07) is 12.8. The number of carbonyl (C=O) groups excluding carboxylic acids is 1. The second-order valence-electron chi connectivity index (χ2n) is 8.91. The first-order valence-corrected chi connectivity index (χ1v) is 11.4. The first-order chi connectivity index (χ1) is 15.6. The van der Waals surface area contributed by atoms with E-state index in [4.69, 9.17) is 9.47 Å². The molecule has 1 amide bonds. The topological polar surface area (TPSA) is 46.9 Å². The van der Waals surface area contributed by atoms with Crippen molar-refractivity contribution in [1.29, 1.82) is 0 Å². The second kappa shape index (κ2) is 8.51. The zero-order chi connectivity index (χ0) is 22.2. The van der Waals surface area contributed by atoms with E-state index < -0.39 is 0 Å². The van der Waals surface area contributed by atoms with Crippen LogP contribution in [0.4, 0.5) is 0 Å². The molecule has 0 spiro atoms. The molecular formula is C26H31N3O3. The van der Waals surface area contributed by atoms with Gasteiger partial charge in [-0.15, -0.1) is 0 Å². The third-order valence-corrected chi connectivity index (χ3v) is 7.08. The maximum atomic E-state index is 13.5. The lowest BCUT2D eigenvalue weighted by molar-refractivity contribution is 0.0550. The summed E-state index contributed by atoms with van der Waals surface area (Å²) in [5.41, 5.74) is 4.54. The third kappa shape index (κ3) is 3.62. The Morgan fingerprint density at radius 3 is 2.56 bits per heavy atom. The van der Waals surface area contributed by atoms with Gasteiger partial charge in [0.25, 0.3) is 5.91 Å². The van der Waals surface area contributed by atoms with Gasteiger partial charge in [0.15, 0.2) is 11.5 Å². The molecule has 3 aromatic rings. The summed E-state index contributed by atoms with van der Waals surface area (Å²) in [5.74, 6) is 1.73. The Balaban J connectivity index is 1.34. The van der Waals surface area contributed by atoms with Gasteiger partial charge in [0.1, 0.15) is 0 Å². The SMILES string of the molecule is COc1cc2c(cc1OC)CN(C1CCCN(C(=O)c3cn(C)c4ccccc34)C1)CC2. The van der Waals surface area contributed by atoms with Crippen molar-refractivity contribution in [3.63, 3.8) is 0 Å². The van der Waals surface area contributed by atoms with Crippen LogP contribution in [0.1, 0.15) is 34.3 Å². The molecule has 2 aliphatic heterocycles. The highest BCUT2D eigenvalue weighted by Gasteiger charge is 2.31. The number of methoxy groups -OCH3 is 2. The maximum Gasteiger partial charge on any atom is 0.256 e. The predicted molar refractivity (Wildman–Crippen MR) is 126 cm³/mol. The number of para-hydroxylation sites is 1. The van der Waals surface area contributed by atoms with Crippen LogP contribution in [0.5, 0.6) is 11.5 Å². The minimum Gasteiger partial charge on any atom is -0.493 e. The van der Waals surface area contributed by atoms with Gasteiger partial charge >= 0.3 is 0 Å². The van der Waals surface area contributed by atoms with Crippen LogP contribution < -0.4 is 9.47 Å². The van der Waals surface area contributed by atoms with E-state index in [9.17, 15) is 4.79 Å². The molecular weight excluding hydrogens is 402 g/mol. The van der Waals surface area contributed by atoms with E-state index in [1.807, 2.05) is 36.0 Å². The Morgan fingerprint density at radius 2 is 1.78 bits per heavy atom. The number of hydrogen-bond donors (Lipinski definition) is 0. The number of likely N-dealkylation sites (tertiary alicyclic amines) is 1. The van der Waals surface area contributed by atoms with E-state index in [1.54, 1.807) is 14.2 Å². The lowest BCUT2D eigenvalue weighted by atomic mass is 9.95. The molecule has 5 rings (SSSR count). The molecule has 0 saturated carbocycles. The fourth-order valence-electron chi connectivity index (χ4n) is 5.34. The monoisotopic (exact) mass is 433 g/mol. The lowest BCUT2D eigenvalue weighted by Gasteiger charge is -2.41. The first kappa shape index (κ1) is 20.9. The van der Waals surface area contributed by atoms with Crippen molar-refractivity contribution >= 4 is 16.8 Å². The normalized spacial score (nSPS) is 19.1. The molecule has 32 heavy (non-hydrogen) atoms. The Kier molecular flexibility index (Phi) is 5.55. The predicted octanol–water partition coefficient (Wildman–Crippen LogP) is 3.86. The summed E-state index contributed by atoms with van der Waals surface area (Å²) < 4.78 is 13.0. The lowest BCUT2D eigenvalue weighted by Crippen LogP contribution is -2.51. The molecule has 1 aromatic heterocycles.